The van der Waals surface area contributed by atoms with E-state index in [9.17, 15) is 4.79 Å². The summed E-state index contributed by atoms with van der Waals surface area (Å²) in [4.78, 5) is 18.3. The largest absolute Gasteiger partial charge is 0.339 e. The molecule has 0 spiro atoms. The Kier molecular flexibility index (Phi) is 6.75. The highest BCUT2D eigenvalue weighted by Gasteiger charge is 2.25. The number of rotatable bonds is 6. The van der Waals surface area contributed by atoms with Gasteiger partial charge in [-0.1, -0.05) is 30.3 Å². The number of likely N-dealkylation sites (tertiary alicyclic amines) is 1. The first-order chi connectivity index (χ1) is 12.7. The molecule has 26 heavy (non-hydrogen) atoms. The topological polar surface area (TPSA) is 23.6 Å². The normalized spacial score (nSPS) is 15.4. The summed E-state index contributed by atoms with van der Waals surface area (Å²) < 4.78 is 0. The summed E-state index contributed by atoms with van der Waals surface area (Å²) >= 11 is 1.78. The van der Waals surface area contributed by atoms with Crippen molar-refractivity contribution in [1.29, 1.82) is 0 Å². The molecule has 0 N–H and O–H groups in total. The van der Waals surface area contributed by atoms with E-state index in [2.05, 4.69) is 42.5 Å². The maximum absolute atomic E-state index is 12.5. The maximum Gasteiger partial charge on any atom is 0.253 e. The smallest absolute Gasteiger partial charge is 0.253 e. The van der Waals surface area contributed by atoms with E-state index in [-0.39, 0.29) is 5.91 Å². The predicted molar refractivity (Wildman–Crippen MR) is 110 cm³/mol. The van der Waals surface area contributed by atoms with Gasteiger partial charge in [0.1, 0.15) is 0 Å². The van der Waals surface area contributed by atoms with Gasteiger partial charge in [0.25, 0.3) is 5.91 Å². The molecule has 0 radical (unpaired) electrons. The van der Waals surface area contributed by atoms with Gasteiger partial charge in [-0.3, -0.25) is 4.79 Å². The SMILES string of the molecule is CSc1ccc(CCN(C)C2CCN(C(=O)c3ccccc3)CC2)cc1. The van der Waals surface area contributed by atoms with E-state index in [0.29, 0.717) is 6.04 Å². The molecule has 0 bridgehead atoms. The lowest BCUT2D eigenvalue weighted by atomic mass is 10.0. The molecule has 0 saturated carbocycles. The van der Waals surface area contributed by atoms with Gasteiger partial charge in [0, 0.05) is 36.1 Å². The van der Waals surface area contributed by atoms with Crippen molar-refractivity contribution in [2.45, 2.75) is 30.2 Å². The lowest BCUT2D eigenvalue weighted by molar-refractivity contribution is 0.0647. The molecule has 0 atom stereocenters. The van der Waals surface area contributed by atoms with Gasteiger partial charge in [-0.15, -0.1) is 11.8 Å². The Morgan fingerprint density at radius 3 is 2.35 bits per heavy atom. The fourth-order valence-electron chi connectivity index (χ4n) is 3.55. The minimum atomic E-state index is 0.167. The summed E-state index contributed by atoms with van der Waals surface area (Å²) in [6, 6.07) is 19.1. The second-order valence-corrected chi connectivity index (χ2v) is 7.85. The number of likely N-dealkylation sites (N-methyl/N-ethyl adjacent to an activating group) is 1. The minimum Gasteiger partial charge on any atom is -0.339 e. The zero-order valence-corrected chi connectivity index (χ0v) is 16.5. The summed E-state index contributed by atoms with van der Waals surface area (Å²) in [5, 5.41) is 0. The van der Waals surface area contributed by atoms with Crippen molar-refractivity contribution in [3.05, 3.63) is 65.7 Å². The van der Waals surface area contributed by atoms with Crippen molar-refractivity contribution < 1.29 is 4.79 Å². The van der Waals surface area contributed by atoms with Crippen LogP contribution in [-0.2, 0) is 6.42 Å². The molecule has 0 aromatic heterocycles. The molecular weight excluding hydrogens is 340 g/mol. The Hall–Kier alpha value is -1.78. The Bertz CT molecular complexity index is 694. The van der Waals surface area contributed by atoms with Crippen molar-refractivity contribution in [3.63, 3.8) is 0 Å². The van der Waals surface area contributed by atoms with Crippen LogP contribution in [0, 0.1) is 0 Å². The molecule has 1 aliphatic heterocycles. The Morgan fingerprint density at radius 1 is 1.08 bits per heavy atom. The minimum absolute atomic E-state index is 0.167. The summed E-state index contributed by atoms with van der Waals surface area (Å²) in [5.74, 6) is 0.167. The van der Waals surface area contributed by atoms with Gasteiger partial charge in [-0.2, -0.15) is 0 Å². The number of piperidine rings is 1. The lowest BCUT2D eigenvalue weighted by Crippen LogP contribution is -2.46. The van der Waals surface area contributed by atoms with Crippen LogP contribution in [0.3, 0.4) is 0 Å². The molecule has 1 amide bonds. The number of nitrogens with zero attached hydrogens (tertiary/aromatic N) is 2. The van der Waals surface area contributed by atoms with Crippen LogP contribution in [0.5, 0.6) is 0 Å². The summed E-state index contributed by atoms with van der Waals surface area (Å²) in [6.45, 7) is 2.77. The van der Waals surface area contributed by atoms with E-state index >= 15 is 0 Å². The molecule has 2 aromatic rings. The van der Waals surface area contributed by atoms with Crippen molar-refractivity contribution in [2.24, 2.45) is 0 Å². The first-order valence-electron chi connectivity index (χ1n) is 9.35. The number of carbonyl (C=O) groups is 1. The Morgan fingerprint density at radius 2 is 1.73 bits per heavy atom. The van der Waals surface area contributed by atoms with Crippen LogP contribution in [0.25, 0.3) is 0 Å². The Balaban J connectivity index is 1.45. The van der Waals surface area contributed by atoms with Crippen LogP contribution >= 0.6 is 11.8 Å². The number of carbonyl (C=O) groups excluding carboxylic acids is 1. The Labute approximate surface area is 161 Å². The highest BCUT2D eigenvalue weighted by molar-refractivity contribution is 7.98. The third-order valence-electron chi connectivity index (χ3n) is 5.31. The molecule has 1 fully saturated rings. The molecule has 0 unspecified atom stereocenters. The van der Waals surface area contributed by atoms with Crippen molar-refractivity contribution in [1.82, 2.24) is 9.80 Å². The van der Waals surface area contributed by atoms with E-state index in [1.54, 1.807) is 11.8 Å². The fraction of sp³-hybridized carbons (Fsp3) is 0.409. The van der Waals surface area contributed by atoms with Crippen molar-refractivity contribution in [2.75, 3.05) is 32.9 Å². The van der Waals surface area contributed by atoms with Gasteiger partial charge in [-0.05, 0) is 62.4 Å². The maximum atomic E-state index is 12.5. The van der Waals surface area contributed by atoms with Crippen molar-refractivity contribution in [3.8, 4) is 0 Å². The van der Waals surface area contributed by atoms with Crippen LogP contribution in [-0.4, -0.2) is 54.7 Å². The summed E-state index contributed by atoms with van der Waals surface area (Å²) in [5.41, 5.74) is 2.19. The summed E-state index contributed by atoms with van der Waals surface area (Å²) in [6.07, 6.45) is 5.30. The van der Waals surface area contributed by atoms with Gasteiger partial charge in [0.15, 0.2) is 0 Å². The molecular formula is C22H28N2OS. The average Bonchev–Trinajstić information content (AvgIpc) is 2.72. The molecule has 2 aromatic carbocycles. The molecule has 1 aliphatic rings. The standard InChI is InChI=1S/C22H28N2OS/c1-23(15-12-18-8-10-21(26-2)11-9-18)20-13-16-24(17-14-20)22(25)19-6-4-3-5-7-19/h3-11,20H,12-17H2,1-2H3. The van der Waals surface area contributed by atoms with Gasteiger partial charge in [0.2, 0.25) is 0 Å². The van der Waals surface area contributed by atoms with Crippen LogP contribution in [0.1, 0.15) is 28.8 Å². The number of thioether (sulfide) groups is 1. The van der Waals surface area contributed by atoms with E-state index < -0.39 is 0 Å². The van der Waals surface area contributed by atoms with E-state index in [1.807, 2.05) is 35.2 Å². The molecule has 1 heterocycles. The average molecular weight is 369 g/mol. The van der Waals surface area contributed by atoms with Crippen LogP contribution in [0.2, 0.25) is 0 Å². The monoisotopic (exact) mass is 368 g/mol. The quantitative estimate of drug-likeness (QED) is 0.715. The highest BCUT2D eigenvalue weighted by atomic mass is 32.2. The van der Waals surface area contributed by atoms with Gasteiger partial charge < -0.3 is 9.80 Å². The zero-order chi connectivity index (χ0) is 18.4. The molecule has 4 heteroatoms. The molecule has 0 aliphatic carbocycles. The van der Waals surface area contributed by atoms with Gasteiger partial charge in [0.05, 0.1) is 0 Å². The number of hydrogen-bond donors (Lipinski definition) is 0. The second-order valence-electron chi connectivity index (χ2n) is 6.97. The number of amides is 1. The first-order valence-corrected chi connectivity index (χ1v) is 10.6. The third kappa shape index (κ3) is 4.89. The van der Waals surface area contributed by atoms with Crippen molar-refractivity contribution >= 4 is 17.7 Å². The lowest BCUT2D eigenvalue weighted by Gasteiger charge is -2.37. The number of hydrogen-bond acceptors (Lipinski definition) is 3. The van der Waals surface area contributed by atoms with Crippen LogP contribution < -0.4 is 0 Å². The van der Waals surface area contributed by atoms with E-state index in [1.165, 1.54) is 10.5 Å². The van der Waals surface area contributed by atoms with E-state index in [4.69, 9.17) is 0 Å². The molecule has 1 saturated heterocycles. The molecule has 3 nitrogen and oxygen atoms in total. The molecule has 3 rings (SSSR count). The highest BCUT2D eigenvalue weighted by Crippen LogP contribution is 2.19. The van der Waals surface area contributed by atoms with Crippen LogP contribution in [0.4, 0.5) is 0 Å². The number of benzene rings is 2. The first kappa shape index (κ1) is 19.0. The van der Waals surface area contributed by atoms with Gasteiger partial charge >= 0.3 is 0 Å². The van der Waals surface area contributed by atoms with E-state index in [0.717, 1.165) is 44.5 Å². The fourth-order valence-corrected chi connectivity index (χ4v) is 3.96. The second kappa shape index (κ2) is 9.24. The van der Waals surface area contributed by atoms with Crippen LogP contribution in [0.15, 0.2) is 59.5 Å². The summed E-state index contributed by atoms with van der Waals surface area (Å²) in [7, 11) is 2.22. The molecule has 138 valence electrons. The third-order valence-corrected chi connectivity index (χ3v) is 6.05. The predicted octanol–water partition coefficient (Wildman–Crippen LogP) is 4.19. The zero-order valence-electron chi connectivity index (χ0n) is 15.7. The van der Waals surface area contributed by atoms with Gasteiger partial charge in [-0.25, -0.2) is 0 Å².